The number of hydrogen-bond acceptors (Lipinski definition) is 6. The molecule has 156 valence electrons. The third kappa shape index (κ3) is 5.24. The number of nitrogens with one attached hydrogen (secondary N) is 1. The smallest absolute Gasteiger partial charge is 0.258 e. The maximum atomic E-state index is 12.7. The van der Waals surface area contributed by atoms with E-state index in [1.54, 1.807) is 42.1 Å². The number of amides is 1. The first-order chi connectivity index (χ1) is 14.3. The van der Waals surface area contributed by atoms with Gasteiger partial charge in [0.05, 0.1) is 17.0 Å². The van der Waals surface area contributed by atoms with Crippen molar-refractivity contribution in [1.82, 2.24) is 14.3 Å². The highest BCUT2D eigenvalue weighted by atomic mass is 32.2. The van der Waals surface area contributed by atoms with E-state index < -0.39 is 10.0 Å². The van der Waals surface area contributed by atoms with Gasteiger partial charge in [-0.15, -0.1) is 11.8 Å². The second-order valence-corrected chi connectivity index (χ2v) is 9.57. The first-order valence-corrected chi connectivity index (χ1v) is 11.8. The van der Waals surface area contributed by atoms with E-state index in [0.29, 0.717) is 11.5 Å². The summed E-state index contributed by atoms with van der Waals surface area (Å²) in [6.07, 6.45) is 4.74. The molecule has 0 aliphatic heterocycles. The number of carbonyl (C=O) groups is 1. The molecule has 0 saturated carbocycles. The third-order valence-corrected chi connectivity index (χ3v) is 6.93. The molecule has 1 amide bonds. The van der Waals surface area contributed by atoms with Crippen molar-refractivity contribution in [3.05, 3.63) is 77.9 Å². The summed E-state index contributed by atoms with van der Waals surface area (Å²) in [6.45, 7) is 1.89. The molecule has 0 saturated heterocycles. The fraction of sp³-hybridized carbons (Fsp3) is 0.190. The van der Waals surface area contributed by atoms with Crippen LogP contribution >= 0.6 is 11.8 Å². The minimum Gasteiger partial charge on any atom is -0.322 e. The zero-order valence-electron chi connectivity index (χ0n) is 16.9. The Kier molecular flexibility index (Phi) is 6.86. The third-order valence-electron chi connectivity index (χ3n) is 4.39. The number of rotatable bonds is 7. The Balaban J connectivity index is 1.67. The van der Waals surface area contributed by atoms with Crippen molar-refractivity contribution in [2.45, 2.75) is 23.3 Å². The van der Waals surface area contributed by atoms with Crippen LogP contribution in [0.2, 0.25) is 0 Å². The van der Waals surface area contributed by atoms with Crippen molar-refractivity contribution in [3.63, 3.8) is 0 Å². The summed E-state index contributed by atoms with van der Waals surface area (Å²) in [5, 5.41) is 2.80. The van der Waals surface area contributed by atoms with Gasteiger partial charge in [0.1, 0.15) is 5.82 Å². The minimum atomic E-state index is -3.66. The molecule has 0 bridgehead atoms. The van der Waals surface area contributed by atoms with Gasteiger partial charge in [0.15, 0.2) is 0 Å². The predicted octanol–water partition coefficient (Wildman–Crippen LogP) is 3.58. The van der Waals surface area contributed by atoms with Crippen molar-refractivity contribution in [3.8, 4) is 0 Å². The van der Waals surface area contributed by atoms with Gasteiger partial charge in [0.2, 0.25) is 10.0 Å². The first-order valence-electron chi connectivity index (χ1n) is 9.09. The van der Waals surface area contributed by atoms with E-state index >= 15 is 0 Å². The first kappa shape index (κ1) is 21.9. The summed E-state index contributed by atoms with van der Waals surface area (Å²) in [7, 11) is -2.19. The van der Waals surface area contributed by atoms with E-state index in [2.05, 4.69) is 15.3 Å². The quantitative estimate of drug-likeness (QED) is 0.562. The summed E-state index contributed by atoms with van der Waals surface area (Å²) >= 11 is 1.58. The van der Waals surface area contributed by atoms with Crippen LogP contribution < -0.4 is 5.32 Å². The van der Waals surface area contributed by atoms with Gasteiger partial charge in [-0.3, -0.25) is 4.79 Å². The van der Waals surface area contributed by atoms with Crippen LogP contribution in [0, 0.1) is 6.92 Å². The van der Waals surface area contributed by atoms with Crippen molar-refractivity contribution in [1.29, 1.82) is 0 Å². The summed E-state index contributed by atoms with van der Waals surface area (Å²) in [5.41, 5.74) is 1.95. The predicted molar refractivity (Wildman–Crippen MR) is 118 cm³/mol. The van der Waals surface area contributed by atoms with E-state index in [9.17, 15) is 13.2 Å². The van der Waals surface area contributed by atoms with Crippen molar-refractivity contribution in [2.75, 3.05) is 18.6 Å². The van der Waals surface area contributed by atoms with Gasteiger partial charge in [-0.05, 0) is 43.5 Å². The highest BCUT2D eigenvalue weighted by Gasteiger charge is 2.21. The molecule has 0 spiro atoms. The van der Waals surface area contributed by atoms with Crippen LogP contribution in [-0.2, 0) is 16.6 Å². The van der Waals surface area contributed by atoms with Gasteiger partial charge < -0.3 is 5.32 Å². The Morgan fingerprint density at radius 3 is 2.40 bits per heavy atom. The van der Waals surface area contributed by atoms with Gasteiger partial charge in [-0.1, -0.05) is 23.8 Å². The van der Waals surface area contributed by atoms with Crippen LogP contribution in [0.1, 0.15) is 21.7 Å². The Hall–Kier alpha value is -2.75. The van der Waals surface area contributed by atoms with E-state index in [0.717, 1.165) is 10.5 Å². The molecule has 1 aromatic heterocycles. The SMILES string of the molecule is CSc1cccc(NC(=O)c2cnc(CN(C)S(=O)(=O)c3ccc(C)cc3)nc2)c1. The monoisotopic (exact) mass is 442 g/mol. The maximum absolute atomic E-state index is 12.7. The molecule has 3 aromatic rings. The topological polar surface area (TPSA) is 92.3 Å². The second-order valence-electron chi connectivity index (χ2n) is 6.65. The van der Waals surface area contributed by atoms with Crippen LogP contribution in [0.3, 0.4) is 0 Å². The fourth-order valence-electron chi connectivity index (χ4n) is 2.63. The summed E-state index contributed by atoms with van der Waals surface area (Å²) < 4.78 is 26.5. The molecular formula is C21H22N4O3S2. The fourth-order valence-corrected chi connectivity index (χ4v) is 4.22. The molecule has 0 unspecified atom stereocenters. The van der Waals surface area contributed by atoms with Crippen LogP contribution in [0.15, 0.2) is 70.7 Å². The molecule has 7 nitrogen and oxygen atoms in total. The minimum absolute atomic E-state index is 0.00607. The van der Waals surface area contributed by atoms with E-state index in [4.69, 9.17) is 0 Å². The number of aryl methyl sites for hydroxylation is 1. The van der Waals surface area contributed by atoms with Crippen molar-refractivity contribution in [2.24, 2.45) is 0 Å². The number of thioether (sulfide) groups is 1. The Labute approximate surface area is 180 Å². The molecule has 9 heteroatoms. The van der Waals surface area contributed by atoms with Gasteiger partial charge in [0.25, 0.3) is 5.91 Å². The average Bonchev–Trinajstić information content (AvgIpc) is 2.74. The lowest BCUT2D eigenvalue weighted by Gasteiger charge is -2.16. The number of carbonyl (C=O) groups excluding carboxylic acids is 1. The second kappa shape index (κ2) is 9.38. The lowest BCUT2D eigenvalue weighted by molar-refractivity contribution is 0.102. The lowest BCUT2D eigenvalue weighted by Crippen LogP contribution is -2.27. The van der Waals surface area contributed by atoms with E-state index in [1.807, 2.05) is 31.4 Å². The van der Waals surface area contributed by atoms with E-state index in [-0.39, 0.29) is 22.9 Å². The molecule has 1 heterocycles. The molecule has 1 N–H and O–H groups in total. The van der Waals surface area contributed by atoms with Crippen LogP contribution in [0.5, 0.6) is 0 Å². The number of benzene rings is 2. The highest BCUT2D eigenvalue weighted by molar-refractivity contribution is 7.98. The molecular weight excluding hydrogens is 420 g/mol. The molecule has 0 aliphatic carbocycles. The number of aromatic nitrogens is 2. The van der Waals surface area contributed by atoms with Gasteiger partial charge in [-0.25, -0.2) is 18.4 Å². The Morgan fingerprint density at radius 2 is 1.77 bits per heavy atom. The summed E-state index contributed by atoms with van der Waals surface area (Å²) in [5.74, 6) is -0.0328. The van der Waals surface area contributed by atoms with E-state index in [1.165, 1.54) is 23.7 Å². The lowest BCUT2D eigenvalue weighted by atomic mass is 10.2. The Bertz CT molecular complexity index is 1130. The van der Waals surface area contributed by atoms with Gasteiger partial charge in [0, 0.05) is 30.0 Å². The molecule has 3 rings (SSSR count). The normalized spacial score (nSPS) is 11.5. The zero-order chi connectivity index (χ0) is 21.7. The molecule has 0 aliphatic rings. The standard InChI is InChI=1S/C21H22N4O3S2/c1-15-7-9-19(10-8-15)30(27,28)25(2)14-20-22-12-16(13-23-20)21(26)24-17-5-4-6-18(11-17)29-3/h4-13H,14H2,1-3H3,(H,24,26). The summed E-state index contributed by atoms with van der Waals surface area (Å²) in [4.78, 5) is 22.0. The van der Waals surface area contributed by atoms with Crippen LogP contribution in [0.25, 0.3) is 0 Å². The number of nitrogens with zero attached hydrogens (tertiary/aromatic N) is 3. The largest absolute Gasteiger partial charge is 0.322 e. The molecule has 0 fully saturated rings. The molecule has 0 atom stereocenters. The Morgan fingerprint density at radius 1 is 1.10 bits per heavy atom. The molecule has 2 aromatic carbocycles. The van der Waals surface area contributed by atoms with Gasteiger partial charge in [-0.2, -0.15) is 4.31 Å². The van der Waals surface area contributed by atoms with Crippen LogP contribution in [-0.4, -0.2) is 41.9 Å². The maximum Gasteiger partial charge on any atom is 0.258 e. The molecule has 30 heavy (non-hydrogen) atoms. The van der Waals surface area contributed by atoms with Crippen LogP contribution in [0.4, 0.5) is 5.69 Å². The molecule has 0 radical (unpaired) electrons. The zero-order valence-corrected chi connectivity index (χ0v) is 18.5. The van der Waals surface area contributed by atoms with Gasteiger partial charge >= 0.3 is 0 Å². The highest BCUT2D eigenvalue weighted by Crippen LogP contribution is 2.20. The number of hydrogen-bond donors (Lipinski definition) is 1. The number of anilines is 1. The average molecular weight is 443 g/mol. The summed E-state index contributed by atoms with van der Waals surface area (Å²) in [6, 6.07) is 14.1. The van der Waals surface area contributed by atoms with Crippen molar-refractivity contribution >= 4 is 33.4 Å². The van der Waals surface area contributed by atoms with Crippen molar-refractivity contribution < 1.29 is 13.2 Å². The number of sulfonamides is 1.